The maximum Gasteiger partial charge on any atom is 0.270 e. The van der Waals surface area contributed by atoms with Gasteiger partial charge in [0.1, 0.15) is 5.69 Å². The van der Waals surface area contributed by atoms with Crippen LogP contribution in [0, 0.1) is 13.8 Å². The lowest BCUT2D eigenvalue weighted by Gasteiger charge is -2.14. The van der Waals surface area contributed by atoms with Crippen LogP contribution >= 0.6 is 11.6 Å². The lowest BCUT2D eigenvalue weighted by atomic mass is 10.1. The molecule has 0 saturated heterocycles. The van der Waals surface area contributed by atoms with E-state index in [0.29, 0.717) is 10.7 Å². The molecule has 0 fully saturated rings. The summed E-state index contributed by atoms with van der Waals surface area (Å²) in [5.41, 5.74) is 3.42. The standard InChI is InChI=1S/C15H19ClN4O/c1-5-20-11(4)14(10(3)19-20)9(2)18-15(21)13-7-6-12(16)8-17-13/h6-9H,5H2,1-4H3,(H,18,21). The van der Waals surface area contributed by atoms with Crippen LogP contribution < -0.4 is 5.32 Å². The van der Waals surface area contributed by atoms with Gasteiger partial charge in [-0.05, 0) is 39.8 Å². The highest BCUT2D eigenvalue weighted by molar-refractivity contribution is 6.30. The van der Waals surface area contributed by atoms with Gasteiger partial charge in [0.25, 0.3) is 5.91 Å². The van der Waals surface area contributed by atoms with Crippen molar-refractivity contribution >= 4 is 17.5 Å². The normalized spacial score (nSPS) is 12.2. The van der Waals surface area contributed by atoms with Gasteiger partial charge in [0, 0.05) is 24.0 Å². The Morgan fingerprint density at radius 2 is 2.14 bits per heavy atom. The first-order valence-corrected chi connectivity index (χ1v) is 7.28. The van der Waals surface area contributed by atoms with Crippen molar-refractivity contribution in [1.29, 1.82) is 0 Å². The van der Waals surface area contributed by atoms with Gasteiger partial charge in [-0.1, -0.05) is 11.6 Å². The number of nitrogens with one attached hydrogen (secondary N) is 1. The van der Waals surface area contributed by atoms with Crippen LogP contribution in [-0.4, -0.2) is 20.7 Å². The lowest BCUT2D eigenvalue weighted by Crippen LogP contribution is -2.28. The summed E-state index contributed by atoms with van der Waals surface area (Å²) < 4.78 is 1.94. The van der Waals surface area contributed by atoms with Crippen molar-refractivity contribution in [2.45, 2.75) is 40.3 Å². The number of hydrogen-bond acceptors (Lipinski definition) is 3. The predicted octanol–water partition coefficient (Wildman–Crippen LogP) is 3.06. The quantitative estimate of drug-likeness (QED) is 0.944. The van der Waals surface area contributed by atoms with Crippen molar-refractivity contribution in [2.24, 2.45) is 0 Å². The van der Waals surface area contributed by atoms with E-state index in [-0.39, 0.29) is 11.9 Å². The molecule has 0 saturated carbocycles. The average molecular weight is 307 g/mol. The molecular weight excluding hydrogens is 288 g/mol. The molecule has 2 heterocycles. The Kier molecular flexibility index (Phi) is 4.63. The molecule has 0 aromatic carbocycles. The lowest BCUT2D eigenvalue weighted by molar-refractivity contribution is 0.0934. The van der Waals surface area contributed by atoms with E-state index in [4.69, 9.17) is 11.6 Å². The molecule has 1 N–H and O–H groups in total. The van der Waals surface area contributed by atoms with Gasteiger partial charge < -0.3 is 5.32 Å². The van der Waals surface area contributed by atoms with E-state index >= 15 is 0 Å². The summed E-state index contributed by atoms with van der Waals surface area (Å²) in [4.78, 5) is 16.2. The molecule has 0 aliphatic carbocycles. The van der Waals surface area contributed by atoms with Crippen LogP contribution in [0.5, 0.6) is 0 Å². The monoisotopic (exact) mass is 306 g/mol. The second-order valence-electron chi connectivity index (χ2n) is 4.96. The summed E-state index contributed by atoms with van der Waals surface area (Å²) in [5, 5.41) is 7.94. The van der Waals surface area contributed by atoms with Gasteiger partial charge in [-0.3, -0.25) is 9.48 Å². The number of nitrogens with zero attached hydrogens (tertiary/aromatic N) is 3. The van der Waals surface area contributed by atoms with Gasteiger partial charge >= 0.3 is 0 Å². The van der Waals surface area contributed by atoms with Crippen LogP contribution in [0.25, 0.3) is 0 Å². The van der Waals surface area contributed by atoms with Gasteiger partial charge in [0.05, 0.1) is 16.8 Å². The van der Waals surface area contributed by atoms with Crippen LogP contribution in [0.4, 0.5) is 0 Å². The minimum Gasteiger partial charge on any atom is -0.344 e. The van der Waals surface area contributed by atoms with E-state index in [1.807, 2.05) is 32.4 Å². The van der Waals surface area contributed by atoms with Crippen molar-refractivity contribution in [3.8, 4) is 0 Å². The Hall–Kier alpha value is -1.88. The van der Waals surface area contributed by atoms with Gasteiger partial charge in [0.15, 0.2) is 0 Å². The summed E-state index contributed by atoms with van der Waals surface area (Å²) in [5.74, 6) is -0.220. The molecule has 1 atom stereocenters. The SMILES string of the molecule is CCn1nc(C)c(C(C)NC(=O)c2ccc(Cl)cn2)c1C. The van der Waals surface area contributed by atoms with E-state index < -0.39 is 0 Å². The summed E-state index contributed by atoms with van der Waals surface area (Å²) in [6, 6.07) is 3.13. The fourth-order valence-corrected chi connectivity index (χ4v) is 2.61. The first-order chi connectivity index (χ1) is 9.93. The van der Waals surface area contributed by atoms with Crippen molar-refractivity contribution < 1.29 is 4.79 Å². The Balaban J connectivity index is 2.18. The van der Waals surface area contributed by atoms with Crippen LogP contribution in [0.15, 0.2) is 18.3 Å². The van der Waals surface area contributed by atoms with Gasteiger partial charge in [0.2, 0.25) is 0 Å². The predicted molar refractivity (Wildman–Crippen MR) is 82.5 cm³/mol. The van der Waals surface area contributed by atoms with Crippen molar-refractivity contribution in [3.63, 3.8) is 0 Å². The Labute approximate surface area is 129 Å². The van der Waals surface area contributed by atoms with Crippen LogP contribution in [-0.2, 0) is 6.54 Å². The Bertz CT molecular complexity index is 648. The minimum atomic E-state index is -0.220. The number of carbonyl (C=O) groups excluding carboxylic acids is 1. The molecule has 0 bridgehead atoms. The molecule has 2 aromatic rings. The fourth-order valence-electron chi connectivity index (χ4n) is 2.50. The molecule has 6 heteroatoms. The molecule has 0 aliphatic rings. The van der Waals surface area contributed by atoms with Crippen LogP contribution in [0.3, 0.4) is 0 Å². The number of aryl methyl sites for hydroxylation is 2. The minimum absolute atomic E-state index is 0.129. The van der Waals surface area contributed by atoms with Gasteiger partial charge in [-0.15, -0.1) is 0 Å². The van der Waals surface area contributed by atoms with E-state index in [9.17, 15) is 4.79 Å². The number of amides is 1. The highest BCUT2D eigenvalue weighted by Crippen LogP contribution is 2.21. The molecule has 0 radical (unpaired) electrons. The first-order valence-electron chi connectivity index (χ1n) is 6.90. The number of rotatable bonds is 4. The molecule has 5 nitrogen and oxygen atoms in total. The van der Waals surface area contributed by atoms with Crippen molar-refractivity contribution in [3.05, 3.63) is 46.0 Å². The second kappa shape index (κ2) is 6.26. The molecule has 1 unspecified atom stereocenters. The maximum atomic E-state index is 12.2. The van der Waals surface area contributed by atoms with Gasteiger partial charge in [-0.25, -0.2) is 4.98 Å². The number of hydrogen-bond donors (Lipinski definition) is 1. The molecule has 0 spiro atoms. The van der Waals surface area contributed by atoms with Crippen molar-refractivity contribution in [2.75, 3.05) is 0 Å². The van der Waals surface area contributed by atoms with E-state index in [1.165, 1.54) is 6.20 Å². The first kappa shape index (κ1) is 15.5. The van der Waals surface area contributed by atoms with Crippen LogP contribution in [0.2, 0.25) is 5.02 Å². The largest absolute Gasteiger partial charge is 0.344 e. The van der Waals surface area contributed by atoms with E-state index in [1.54, 1.807) is 12.1 Å². The molecule has 112 valence electrons. The molecule has 21 heavy (non-hydrogen) atoms. The summed E-state index contributed by atoms with van der Waals surface area (Å²) in [7, 11) is 0. The average Bonchev–Trinajstić information content (AvgIpc) is 2.73. The fraction of sp³-hybridized carbons (Fsp3) is 0.400. The molecule has 2 rings (SSSR count). The summed E-state index contributed by atoms with van der Waals surface area (Å²) >= 11 is 5.77. The highest BCUT2D eigenvalue weighted by atomic mass is 35.5. The third-order valence-electron chi connectivity index (χ3n) is 3.48. The maximum absolute atomic E-state index is 12.2. The zero-order chi connectivity index (χ0) is 15.6. The van der Waals surface area contributed by atoms with E-state index in [0.717, 1.165) is 23.5 Å². The topological polar surface area (TPSA) is 59.8 Å². The Morgan fingerprint density at radius 3 is 2.67 bits per heavy atom. The van der Waals surface area contributed by atoms with Crippen LogP contribution in [0.1, 0.15) is 47.3 Å². The third-order valence-corrected chi connectivity index (χ3v) is 3.70. The number of carbonyl (C=O) groups is 1. The highest BCUT2D eigenvalue weighted by Gasteiger charge is 2.19. The zero-order valence-electron chi connectivity index (χ0n) is 12.6. The summed E-state index contributed by atoms with van der Waals surface area (Å²) in [6.45, 7) is 8.78. The second-order valence-corrected chi connectivity index (χ2v) is 5.39. The number of halogens is 1. The molecule has 2 aromatic heterocycles. The Morgan fingerprint density at radius 1 is 1.43 bits per heavy atom. The molecule has 1 amide bonds. The third kappa shape index (κ3) is 3.24. The number of aromatic nitrogens is 3. The summed E-state index contributed by atoms with van der Waals surface area (Å²) in [6.07, 6.45) is 1.47. The van der Waals surface area contributed by atoms with E-state index in [2.05, 4.69) is 15.4 Å². The van der Waals surface area contributed by atoms with Crippen molar-refractivity contribution in [1.82, 2.24) is 20.1 Å². The van der Waals surface area contributed by atoms with Gasteiger partial charge in [-0.2, -0.15) is 5.10 Å². The molecule has 0 aliphatic heterocycles. The zero-order valence-corrected chi connectivity index (χ0v) is 13.4. The molecular formula is C15H19ClN4O. The number of pyridine rings is 1. The smallest absolute Gasteiger partial charge is 0.270 e.